The number of hydrogen-bond donors (Lipinski definition) is 2. The lowest BCUT2D eigenvalue weighted by atomic mass is 10.2. The van der Waals surface area contributed by atoms with E-state index in [1.165, 1.54) is 0 Å². The fourth-order valence-electron chi connectivity index (χ4n) is 1.99. The van der Waals surface area contributed by atoms with Crippen molar-refractivity contribution in [3.05, 3.63) is 11.7 Å². The van der Waals surface area contributed by atoms with Gasteiger partial charge in [0, 0.05) is 6.54 Å². The Morgan fingerprint density at radius 2 is 2.37 bits per heavy atom. The van der Waals surface area contributed by atoms with Gasteiger partial charge in [0.2, 0.25) is 5.89 Å². The fraction of sp³-hybridized carbons (Fsp3) is 0.636. The van der Waals surface area contributed by atoms with Gasteiger partial charge in [-0.1, -0.05) is 5.16 Å². The summed E-state index contributed by atoms with van der Waals surface area (Å²) < 4.78 is 5.05. The molecular weight excluding hydrogens is 252 g/mol. The molecule has 1 saturated heterocycles. The average Bonchev–Trinajstić information content (AvgIpc) is 3.04. The highest BCUT2D eigenvalue weighted by Crippen LogP contribution is 2.21. The van der Waals surface area contributed by atoms with E-state index >= 15 is 0 Å². The Balaban J connectivity index is 2.08. The summed E-state index contributed by atoms with van der Waals surface area (Å²) in [4.78, 5) is 27.8. The van der Waals surface area contributed by atoms with Crippen molar-refractivity contribution in [3.63, 3.8) is 0 Å². The molecule has 0 spiro atoms. The van der Waals surface area contributed by atoms with Gasteiger partial charge in [-0.3, -0.25) is 9.59 Å². The van der Waals surface area contributed by atoms with Crippen LogP contribution in [-0.4, -0.2) is 51.7 Å². The van der Waals surface area contributed by atoms with Crippen LogP contribution in [0.3, 0.4) is 0 Å². The number of carbonyl (C=O) groups excluding carboxylic acids is 1. The zero-order valence-electron chi connectivity index (χ0n) is 10.6. The third kappa shape index (κ3) is 3.08. The van der Waals surface area contributed by atoms with Crippen LogP contribution in [-0.2, 0) is 4.79 Å². The molecule has 2 heterocycles. The third-order valence-electron chi connectivity index (χ3n) is 2.99. The van der Waals surface area contributed by atoms with Crippen LogP contribution in [0.15, 0.2) is 4.52 Å². The van der Waals surface area contributed by atoms with Gasteiger partial charge in [-0.05, 0) is 26.3 Å². The van der Waals surface area contributed by atoms with Gasteiger partial charge in [0.25, 0.3) is 11.7 Å². The van der Waals surface area contributed by atoms with Crippen molar-refractivity contribution in [3.8, 4) is 0 Å². The molecule has 2 rings (SSSR count). The lowest BCUT2D eigenvalue weighted by molar-refractivity contribution is -0.137. The number of nitrogens with one attached hydrogen (secondary N) is 1. The van der Waals surface area contributed by atoms with Crippen LogP contribution in [0.4, 0.5) is 0 Å². The molecule has 0 radical (unpaired) electrons. The Hall–Kier alpha value is -1.96. The molecule has 0 aliphatic carbocycles. The standard InChI is InChI=1S/C11H16N4O4/c1-2-15(6-8(16)17)11(18)9-13-10(19-14-9)7-4-3-5-12-7/h7,12H,2-6H2,1H3,(H,16,17). The highest BCUT2D eigenvalue weighted by molar-refractivity contribution is 5.92. The van der Waals surface area contributed by atoms with Crippen LogP contribution in [0.5, 0.6) is 0 Å². The Kier molecular flexibility index (Phi) is 4.10. The minimum absolute atomic E-state index is 0.0106. The second-order valence-corrected chi connectivity index (χ2v) is 4.32. The summed E-state index contributed by atoms with van der Waals surface area (Å²) in [6, 6.07) is -0.0106. The van der Waals surface area contributed by atoms with Crippen molar-refractivity contribution in [2.24, 2.45) is 0 Å². The number of aliphatic carboxylic acids is 1. The average molecular weight is 268 g/mol. The van der Waals surface area contributed by atoms with Crippen molar-refractivity contribution < 1.29 is 19.2 Å². The highest BCUT2D eigenvalue weighted by Gasteiger charge is 2.26. The fourth-order valence-corrected chi connectivity index (χ4v) is 1.99. The zero-order valence-corrected chi connectivity index (χ0v) is 10.6. The summed E-state index contributed by atoms with van der Waals surface area (Å²) in [6.45, 7) is 2.48. The van der Waals surface area contributed by atoms with E-state index in [-0.39, 0.29) is 25.0 Å². The molecule has 2 N–H and O–H groups in total. The van der Waals surface area contributed by atoms with Crippen molar-refractivity contribution in [2.75, 3.05) is 19.6 Å². The zero-order chi connectivity index (χ0) is 13.8. The summed E-state index contributed by atoms with van der Waals surface area (Å²) in [7, 11) is 0. The second-order valence-electron chi connectivity index (χ2n) is 4.32. The number of carboxylic acid groups (broad SMARTS) is 1. The lowest BCUT2D eigenvalue weighted by Crippen LogP contribution is -2.36. The second kappa shape index (κ2) is 5.79. The maximum Gasteiger partial charge on any atom is 0.323 e. The molecule has 1 aromatic heterocycles. The first-order valence-corrected chi connectivity index (χ1v) is 6.20. The molecular formula is C11H16N4O4. The molecule has 104 valence electrons. The van der Waals surface area contributed by atoms with E-state index < -0.39 is 11.9 Å². The van der Waals surface area contributed by atoms with E-state index in [0.717, 1.165) is 24.3 Å². The van der Waals surface area contributed by atoms with Gasteiger partial charge >= 0.3 is 5.97 Å². The molecule has 19 heavy (non-hydrogen) atoms. The molecule has 0 aromatic carbocycles. The molecule has 1 aliphatic rings. The highest BCUT2D eigenvalue weighted by atomic mass is 16.5. The van der Waals surface area contributed by atoms with Gasteiger partial charge in [0.1, 0.15) is 6.54 Å². The van der Waals surface area contributed by atoms with Gasteiger partial charge in [-0.25, -0.2) is 0 Å². The van der Waals surface area contributed by atoms with E-state index in [2.05, 4.69) is 15.5 Å². The molecule has 8 nitrogen and oxygen atoms in total. The van der Waals surface area contributed by atoms with Crippen molar-refractivity contribution in [1.29, 1.82) is 0 Å². The summed E-state index contributed by atoms with van der Waals surface area (Å²) in [5, 5.41) is 15.5. The van der Waals surface area contributed by atoms with Gasteiger partial charge in [0.05, 0.1) is 6.04 Å². The Morgan fingerprint density at radius 1 is 1.58 bits per heavy atom. The van der Waals surface area contributed by atoms with Crippen LogP contribution in [0.1, 0.15) is 42.3 Å². The number of carboxylic acids is 1. The summed E-state index contributed by atoms with van der Waals surface area (Å²) in [5.74, 6) is -1.31. The third-order valence-corrected chi connectivity index (χ3v) is 2.99. The number of carbonyl (C=O) groups is 2. The normalized spacial score (nSPS) is 18.5. The number of likely N-dealkylation sites (N-methyl/N-ethyl adjacent to an activating group) is 1. The molecule has 8 heteroatoms. The first-order chi connectivity index (χ1) is 9.11. The summed E-state index contributed by atoms with van der Waals surface area (Å²) in [5.41, 5.74) is 0. The van der Waals surface area contributed by atoms with E-state index in [9.17, 15) is 9.59 Å². The Labute approximate surface area is 109 Å². The molecule has 1 aromatic rings. The van der Waals surface area contributed by atoms with Crippen LogP contribution in [0, 0.1) is 0 Å². The van der Waals surface area contributed by atoms with Crippen molar-refractivity contribution >= 4 is 11.9 Å². The number of nitrogens with zero attached hydrogens (tertiary/aromatic N) is 3. The first-order valence-electron chi connectivity index (χ1n) is 6.20. The molecule has 1 atom stereocenters. The molecule has 1 aliphatic heterocycles. The SMILES string of the molecule is CCN(CC(=O)O)C(=O)c1noc(C2CCCN2)n1. The number of amides is 1. The maximum atomic E-state index is 12.0. The van der Waals surface area contributed by atoms with Crippen LogP contribution < -0.4 is 5.32 Å². The Morgan fingerprint density at radius 3 is 2.95 bits per heavy atom. The predicted molar refractivity (Wildman–Crippen MR) is 63.5 cm³/mol. The molecule has 1 unspecified atom stereocenters. The van der Waals surface area contributed by atoms with E-state index in [1.807, 2.05) is 0 Å². The molecule has 0 bridgehead atoms. The van der Waals surface area contributed by atoms with Gasteiger partial charge < -0.3 is 19.8 Å². The van der Waals surface area contributed by atoms with E-state index in [0.29, 0.717) is 5.89 Å². The summed E-state index contributed by atoms with van der Waals surface area (Å²) >= 11 is 0. The quantitative estimate of drug-likeness (QED) is 0.776. The minimum Gasteiger partial charge on any atom is -0.480 e. The maximum absolute atomic E-state index is 12.0. The van der Waals surface area contributed by atoms with Gasteiger partial charge in [0.15, 0.2) is 0 Å². The summed E-state index contributed by atoms with van der Waals surface area (Å²) in [6.07, 6.45) is 1.92. The topological polar surface area (TPSA) is 109 Å². The van der Waals surface area contributed by atoms with E-state index in [1.54, 1.807) is 6.92 Å². The molecule has 1 fully saturated rings. The van der Waals surface area contributed by atoms with E-state index in [4.69, 9.17) is 9.63 Å². The number of rotatable bonds is 5. The van der Waals surface area contributed by atoms with Crippen molar-refractivity contribution in [1.82, 2.24) is 20.4 Å². The van der Waals surface area contributed by atoms with Crippen LogP contribution in [0.2, 0.25) is 0 Å². The minimum atomic E-state index is -1.07. The Bertz CT molecular complexity index is 467. The van der Waals surface area contributed by atoms with Crippen LogP contribution in [0.25, 0.3) is 0 Å². The van der Waals surface area contributed by atoms with Gasteiger partial charge in [-0.15, -0.1) is 0 Å². The number of aromatic nitrogens is 2. The lowest BCUT2D eigenvalue weighted by Gasteiger charge is -2.15. The van der Waals surface area contributed by atoms with Gasteiger partial charge in [-0.2, -0.15) is 4.98 Å². The first kappa shape index (κ1) is 13.5. The smallest absolute Gasteiger partial charge is 0.323 e. The largest absolute Gasteiger partial charge is 0.480 e. The predicted octanol–water partition coefficient (Wildman–Crippen LogP) is 0.0408. The molecule has 0 saturated carbocycles. The van der Waals surface area contributed by atoms with Crippen molar-refractivity contribution in [2.45, 2.75) is 25.8 Å². The number of hydrogen-bond acceptors (Lipinski definition) is 6. The monoisotopic (exact) mass is 268 g/mol. The molecule has 1 amide bonds. The van der Waals surface area contributed by atoms with Crippen LogP contribution >= 0.6 is 0 Å².